The highest BCUT2D eigenvalue weighted by molar-refractivity contribution is 8.13. The van der Waals surface area contributed by atoms with Crippen molar-refractivity contribution in [2.75, 3.05) is 11.6 Å². The summed E-state index contributed by atoms with van der Waals surface area (Å²) in [5.74, 6) is 0. The van der Waals surface area contributed by atoms with E-state index in [4.69, 9.17) is 17.3 Å². The predicted molar refractivity (Wildman–Crippen MR) is 65.6 cm³/mol. The minimum Gasteiger partial charge on any atom is -0.378 e. The fraction of sp³-hybridized carbons (Fsp3) is 0.111. The largest absolute Gasteiger partial charge is 0.378 e. The Bertz CT molecular complexity index is 395. The molecular weight excluding hydrogens is 234 g/mol. The number of amidine groups is 1. The second-order valence-electron chi connectivity index (χ2n) is 2.59. The summed E-state index contributed by atoms with van der Waals surface area (Å²) in [7, 11) is 0. The predicted octanol–water partition coefficient (Wildman–Crippen LogP) is 2.55. The number of hydrogen-bond acceptors (Lipinski definition) is 2. The molecule has 1 aromatic rings. The number of carbonyl (C=O) groups is 1. The average molecular weight is 244 g/mol. The van der Waals surface area contributed by atoms with E-state index in [9.17, 15) is 4.79 Å². The van der Waals surface area contributed by atoms with Gasteiger partial charge in [0.05, 0.1) is 0 Å². The van der Waals surface area contributed by atoms with Crippen molar-refractivity contribution in [3.63, 3.8) is 0 Å². The lowest BCUT2D eigenvalue weighted by Crippen LogP contribution is -2.13. The van der Waals surface area contributed by atoms with Crippen molar-refractivity contribution in [1.82, 2.24) is 0 Å². The molecule has 0 aromatic heterocycles. The van der Waals surface area contributed by atoms with Crippen molar-refractivity contribution in [1.29, 1.82) is 0 Å². The number of benzene rings is 1. The zero-order chi connectivity index (χ0) is 11.3. The highest BCUT2D eigenvalue weighted by atomic mass is 35.5. The third-order valence-electron chi connectivity index (χ3n) is 1.50. The van der Waals surface area contributed by atoms with Gasteiger partial charge in [-0.3, -0.25) is 0 Å². The molecule has 2 amide bonds. The van der Waals surface area contributed by atoms with Crippen molar-refractivity contribution in [3.05, 3.63) is 29.3 Å². The summed E-state index contributed by atoms with van der Waals surface area (Å²) in [6.07, 6.45) is 1.74. The van der Waals surface area contributed by atoms with Crippen molar-refractivity contribution < 1.29 is 4.79 Å². The lowest BCUT2D eigenvalue weighted by molar-refractivity contribution is 0.259. The SMILES string of the molecule is CSC(N)=NC(=O)Nc1cccc(Cl)c1. The summed E-state index contributed by atoms with van der Waals surface area (Å²) < 4.78 is 0. The van der Waals surface area contributed by atoms with Crippen LogP contribution in [0.4, 0.5) is 10.5 Å². The Labute approximate surface area is 96.9 Å². The molecule has 0 saturated carbocycles. The lowest BCUT2D eigenvalue weighted by Gasteiger charge is -2.01. The van der Waals surface area contributed by atoms with Gasteiger partial charge in [0.15, 0.2) is 5.17 Å². The zero-order valence-corrected chi connectivity index (χ0v) is 9.60. The van der Waals surface area contributed by atoms with E-state index >= 15 is 0 Å². The summed E-state index contributed by atoms with van der Waals surface area (Å²) in [4.78, 5) is 14.8. The van der Waals surface area contributed by atoms with Crippen LogP contribution in [0.1, 0.15) is 0 Å². The van der Waals surface area contributed by atoms with Crippen LogP contribution in [0, 0.1) is 0 Å². The molecule has 80 valence electrons. The molecule has 6 heteroatoms. The van der Waals surface area contributed by atoms with Gasteiger partial charge in [-0.2, -0.15) is 4.99 Å². The minimum atomic E-state index is -0.510. The highest BCUT2D eigenvalue weighted by Gasteiger charge is 2.01. The molecule has 0 fully saturated rings. The van der Waals surface area contributed by atoms with Crippen LogP contribution in [-0.2, 0) is 0 Å². The quantitative estimate of drug-likeness (QED) is 0.588. The third-order valence-corrected chi connectivity index (χ3v) is 2.24. The van der Waals surface area contributed by atoms with E-state index in [0.717, 1.165) is 0 Å². The van der Waals surface area contributed by atoms with E-state index in [-0.39, 0.29) is 5.17 Å². The molecule has 1 rings (SSSR count). The maximum atomic E-state index is 11.3. The number of aliphatic imine (C=N–C) groups is 1. The number of nitrogens with one attached hydrogen (secondary N) is 1. The standard InChI is InChI=1S/C9H10ClN3OS/c1-15-8(11)13-9(14)12-7-4-2-3-6(10)5-7/h2-5H,1H3,(H3,11,12,13,14). The van der Waals surface area contributed by atoms with Gasteiger partial charge >= 0.3 is 6.03 Å². The van der Waals surface area contributed by atoms with Gasteiger partial charge in [-0.05, 0) is 24.5 Å². The van der Waals surface area contributed by atoms with Crippen molar-refractivity contribution in [2.45, 2.75) is 0 Å². The van der Waals surface area contributed by atoms with Crippen molar-refractivity contribution >= 4 is 40.2 Å². The molecular formula is C9H10ClN3OS. The second-order valence-corrected chi connectivity index (χ2v) is 3.86. The first-order valence-corrected chi connectivity index (χ1v) is 5.67. The summed E-state index contributed by atoms with van der Waals surface area (Å²) in [6, 6.07) is 6.29. The Morgan fingerprint density at radius 1 is 1.60 bits per heavy atom. The third kappa shape index (κ3) is 4.22. The second kappa shape index (κ2) is 5.63. The smallest absolute Gasteiger partial charge is 0.347 e. The van der Waals surface area contributed by atoms with Crippen molar-refractivity contribution in [2.24, 2.45) is 10.7 Å². The van der Waals surface area contributed by atoms with Gasteiger partial charge in [0.25, 0.3) is 0 Å². The Balaban J connectivity index is 2.67. The van der Waals surface area contributed by atoms with Crippen LogP contribution in [-0.4, -0.2) is 17.5 Å². The topological polar surface area (TPSA) is 67.5 Å². The number of halogens is 1. The molecule has 0 aliphatic carbocycles. The fourth-order valence-corrected chi connectivity index (χ4v) is 1.23. The van der Waals surface area contributed by atoms with E-state index in [2.05, 4.69) is 10.3 Å². The Kier molecular flexibility index (Phi) is 4.45. The van der Waals surface area contributed by atoms with Gasteiger partial charge in [-0.15, -0.1) is 0 Å². The number of hydrogen-bond donors (Lipinski definition) is 2. The monoisotopic (exact) mass is 243 g/mol. The van der Waals surface area contributed by atoms with Crippen LogP contribution in [0.25, 0.3) is 0 Å². The van der Waals surface area contributed by atoms with E-state index < -0.39 is 6.03 Å². The summed E-state index contributed by atoms with van der Waals surface area (Å²) >= 11 is 6.95. The molecule has 0 aliphatic rings. The first-order valence-electron chi connectivity index (χ1n) is 4.06. The molecule has 0 spiro atoms. The van der Waals surface area contributed by atoms with Gasteiger partial charge < -0.3 is 11.1 Å². The highest BCUT2D eigenvalue weighted by Crippen LogP contribution is 2.14. The number of nitrogens with two attached hydrogens (primary N) is 1. The van der Waals surface area contributed by atoms with Crippen LogP contribution in [0.2, 0.25) is 5.02 Å². The zero-order valence-electron chi connectivity index (χ0n) is 8.03. The first kappa shape index (κ1) is 11.9. The van der Waals surface area contributed by atoms with Crippen LogP contribution >= 0.6 is 23.4 Å². The molecule has 15 heavy (non-hydrogen) atoms. The van der Waals surface area contributed by atoms with Gasteiger partial charge in [0, 0.05) is 10.7 Å². The molecule has 0 atom stereocenters. The molecule has 0 radical (unpaired) electrons. The molecule has 0 aliphatic heterocycles. The summed E-state index contributed by atoms with van der Waals surface area (Å²) in [5.41, 5.74) is 5.97. The van der Waals surface area contributed by atoms with Crippen molar-refractivity contribution in [3.8, 4) is 0 Å². The molecule has 0 saturated heterocycles. The van der Waals surface area contributed by atoms with E-state index in [1.54, 1.807) is 30.5 Å². The van der Waals surface area contributed by atoms with E-state index in [1.165, 1.54) is 11.8 Å². The van der Waals surface area contributed by atoms with Gasteiger partial charge in [0.1, 0.15) is 0 Å². The Morgan fingerprint density at radius 3 is 2.93 bits per heavy atom. The number of urea groups is 1. The van der Waals surface area contributed by atoms with Crippen LogP contribution in [0.15, 0.2) is 29.3 Å². The molecule has 0 unspecified atom stereocenters. The lowest BCUT2D eigenvalue weighted by atomic mass is 10.3. The van der Waals surface area contributed by atoms with Crippen LogP contribution in [0.5, 0.6) is 0 Å². The van der Waals surface area contributed by atoms with Gasteiger partial charge in [-0.25, -0.2) is 4.79 Å². The van der Waals surface area contributed by atoms with Gasteiger partial charge in [-0.1, -0.05) is 29.4 Å². The Hall–Kier alpha value is -1.20. The minimum absolute atomic E-state index is 0.217. The Morgan fingerprint density at radius 2 is 2.33 bits per heavy atom. The molecule has 3 N–H and O–H groups in total. The van der Waals surface area contributed by atoms with Crippen LogP contribution in [0.3, 0.4) is 0 Å². The van der Waals surface area contributed by atoms with Gasteiger partial charge in [0.2, 0.25) is 0 Å². The summed E-state index contributed by atoms with van der Waals surface area (Å²) in [5, 5.41) is 3.31. The normalized spacial score (nSPS) is 11.2. The van der Waals surface area contributed by atoms with E-state index in [1.807, 2.05) is 0 Å². The fourth-order valence-electron chi connectivity index (χ4n) is 0.863. The number of nitrogens with zero attached hydrogens (tertiary/aromatic N) is 1. The number of thioether (sulfide) groups is 1. The molecule has 1 aromatic carbocycles. The number of rotatable bonds is 1. The van der Waals surface area contributed by atoms with Crippen LogP contribution < -0.4 is 11.1 Å². The number of carbonyl (C=O) groups excluding carboxylic acids is 1. The molecule has 0 heterocycles. The average Bonchev–Trinajstić information content (AvgIpc) is 2.17. The number of amides is 2. The maximum Gasteiger partial charge on any atom is 0.347 e. The number of anilines is 1. The van der Waals surface area contributed by atoms with E-state index in [0.29, 0.717) is 10.7 Å². The molecule has 0 bridgehead atoms. The first-order chi connectivity index (χ1) is 7.11. The maximum absolute atomic E-state index is 11.3. The molecule has 4 nitrogen and oxygen atoms in total. The summed E-state index contributed by atoms with van der Waals surface area (Å²) in [6.45, 7) is 0.